The minimum Gasteiger partial charge on any atom is -0.381 e. The molecule has 7 nitrogen and oxygen atoms in total. The molecular formula is C23H30ClN5O2. The van der Waals surface area contributed by atoms with Crippen molar-refractivity contribution in [2.45, 2.75) is 39.3 Å². The van der Waals surface area contributed by atoms with Crippen molar-refractivity contribution in [3.05, 3.63) is 46.4 Å². The van der Waals surface area contributed by atoms with Gasteiger partial charge in [0, 0.05) is 56.0 Å². The van der Waals surface area contributed by atoms with Gasteiger partial charge in [-0.05, 0) is 42.9 Å². The van der Waals surface area contributed by atoms with E-state index in [4.69, 9.17) is 21.3 Å². The second-order valence-electron chi connectivity index (χ2n) is 9.20. The number of fused-ring (bicyclic) bond motifs is 1. The van der Waals surface area contributed by atoms with Gasteiger partial charge < -0.3 is 9.64 Å². The highest BCUT2D eigenvalue weighted by atomic mass is 35.5. The summed E-state index contributed by atoms with van der Waals surface area (Å²) in [6.45, 7) is 9.18. The highest BCUT2D eigenvalue weighted by molar-refractivity contribution is 6.31. The summed E-state index contributed by atoms with van der Waals surface area (Å²) in [7, 11) is 0. The first-order valence-electron chi connectivity index (χ1n) is 11.2. The summed E-state index contributed by atoms with van der Waals surface area (Å²) in [5.74, 6) is 2.22. The lowest BCUT2D eigenvalue weighted by Gasteiger charge is -2.32. The predicted molar refractivity (Wildman–Crippen MR) is 121 cm³/mol. The number of amidine groups is 1. The van der Waals surface area contributed by atoms with E-state index in [1.807, 2.05) is 13.0 Å². The zero-order valence-electron chi connectivity index (χ0n) is 18.2. The first-order valence-corrected chi connectivity index (χ1v) is 11.6. The lowest BCUT2D eigenvalue weighted by molar-refractivity contribution is 0.0459. The molecule has 0 saturated carbocycles. The summed E-state index contributed by atoms with van der Waals surface area (Å²) in [6, 6.07) is 6.58. The summed E-state index contributed by atoms with van der Waals surface area (Å²) in [5, 5.41) is 3.89. The third-order valence-corrected chi connectivity index (χ3v) is 7.33. The molecule has 5 rings (SSSR count). The van der Waals surface area contributed by atoms with Crippen LogP contribution in [0.3, 0.4) is 0 Å². The van der Waals surface area contributed by atoms with Crippen molar-refractivity contribution >= 4 is 23.5 Å². The highest BCUT2D eigenvalue weighted by Gasteiger charge is 2.40. The number of nitrogens with one attached hydrogen (secondary N) is 1. The number of carbonyl (C=O) groups excluding carboxylic acids is 1. The van der Waals surface area contributed by atoms with Crippen LogP contribution in [-0.4, -0.2) is 65.6 Å². The molecule has 0 aliphatic carbocycles. The van der Waals surface area contributed by atoms with E-state index in [-0.39, 0.29) is 11.9 Å². The van der Waals surface area contributed by atoms with Crippen LogP contribution in [0.1, 0.15) is 30.9 Å². The minimum atomic E-state index is -0.0650. The Kier molecular flexibility index (Phi) is 5.67. The van der Waals surface area contributed by atoms with Gasteiger partial charge in [0.2, 0.25) is 0 Å². The maximum absolute atomic E-state index is 12.8. The minimum absolute atomic E-state index is 0.0650. The average molecular weight is 444 g/mol. The quantitative estimate of drug-likeness (QED) is 0.774. The fourth-order valence-electron chi connectivity index (χ4n) is 5.11. The van der Waals surface area contributed by atoms with Crippen LogP contribution in [0.15, 0.2) is 35.2 Å². The monoisotopic (exact) mass is 443 g/mol. The van der Waals surface area contributed by atoms with Gasteiger partial charge >= 0.3 is 6.03 Å². The Morgan fingerprint density at radius 2 is 2.06 bits per heavy atom. The smallest absolute Gasteiger partial charge is 0.329 e. The van der Waals surface area contributed by atoms with E-state index in [0.29, 0.717) is 18.6 Å². The third-order valence-electron chi connectivity index (χ3n) is 6.91. The number of aliphatic imine (C=N–C) groups is 1. The molecule has 2 atom stereocenters. The second-order valence-corrected chi connectivity index (χ2v) is 9.61. The van der Waals surface area contributed by atoms with Crippen LogP contribution in [-0.2, 0) is 11.3 Å². The Balaban J connectivity index is 1.29. The van der Waals surface area contributed by atoms with E-state index in [2.05, 4.69) is 40.4 Å². The van der Waals surface area contributed by atoms with Gasteiger partial charge in [0.05, 0.1) is 0 Å². The molecule has 8 heteroatoms. The number of aryl methyl sites for hydroxylation is 1. The van der Waals surface area contributed by atoms with E-state index in [1.54, 1.807) is 4.90 Å². The van der Waals surface area contributed by atoms with Crippen molar-refractivity contribution in [1.82, 2.24) is 20.0 Å². The number of likely N-dealkylation sites (tertiary alicyclic amines) is 1. The highest BCUT2D eigenvalue weighted by Crippen LogP contribution is 2.31. The van der Waals surface area contributed by atoms with Gasteiger partial charge in [0.25, 0.3) is 0 Å². The zero-order valence-corrected chi connectivity index (χ0v) is 18.9. The Hall–Kier alpha value is -2.09. The molecule has 166 valence electrons. The third kappa shape index (κ3) is 4.19. The second kappa shape index (κ2) is 8.45. The number of urea groups is 1. The molecule has 4 heterocycles. The number of hydrogen-bond acceptors (Lipinski definition) is 5. The van der Waals surface area contributed by atoms with Gasteiger partial charge in [-0.2, -0.15) is 0 Å². The molecule has 0 bridgehead atoms. The number of rotatable bonds is 4. The average Bonchev–Trinajstić information content (AvgIpc) is 3.35. The first-order chi connectivity index (χ1) is 15.0. The van der Waals surface area contributed by atoms with Crippen molar-refractivity contribution < 1.29 is 9.53 Å². The van der Waals surface area contributed by atoms with Crippen LogP contribution in [0.2, 0.25) is 5.02 Å². The summed E-state index contributed by atoms with van der Waals surface area (Å²) in [4.78, 5) is 24.2. The largest absolute Gasteiger partial charge is 0.381 e. The molecule has 0 spiro atoms. The van der Waals surface area contributed by atoms with Gasteiger partial charge in [-0.3, -0.25) is 15.1 Å². The van der Waals surface area contributed by atoms with Crippen LogP contribution in [0.4, 0.5) is 4.79 Å². The summed E-state index contributed by atoms with van der Waals surface area (Å²) < 4.78 is 5.48. The topological polar surface area (TPSA) is 60.4 Å². The number of ether oxygens (including phenoxy) is 1. The maximum Gasteiger partial charge on any atom is 0.329 e. The fourth-order valence-corrected chi connectivity index (χ4v) is 5.23. The van der Waals surface area contributed by atoms with Crippen LogP contribution < -0.4 is 5.32 Å². The lowest BCUT2D eigenvalue weighted by atomic mass is 9.96. The van der Waals surface area contributed by atoms with Gasteiger partial charge in [0.1, 0.15) is 12.5 Å². The lowest BCUT2D eigenvalue weighted by Crippen LogP contribution is -2.50. The Bertz CT molecular complexity index is 927. The van der Waals surface area contributed by atoms with E-state index in [1.165, 1.54) is 5.56 Å². The van der Waals surface area contributed by atoms with E-state index >= 15 is 0 Å². The SMILES string of the molecule is Cc1cc(CN2CC(C)C(C3=NC4=CN(C5CCOCC5)CN4C(=O)N3)C2)ccc1Cl. The number of benzene rings is 1. The fraction of sp³-hybridized carbons (Fsp3) is 0.565. The van der Waals surface area contributed by atoms with E-state index < -0.39 is 0 Å². The van der Waals surface area contributed by atoms with Gasteiger partial charge in [-0.1, -0.05) is 30.7 Å². The van der Waals surface area contributed by atoms with Crippen molar-refractivity contribution in [2.75, 3.05) is 33.0 Å². The Labute approximate surface area is 188 Å². The normalized spacial score (nSPS) is 27.3. The van der Waals surface area contributed by atoms with Gasteiger partial charge in [-0.25, -0.2) is 9.79 Å². The summed E-state index contributed by atoms with van der Waals surface area (Å²) in [6.07, 6.45) is 4.05. The molecule has 2 unspecified atom stereocenters. The van der Waals surface area contributed by atoms with Crippen molar-refractivity contribution in [1.29, 1.82) is 0 Å². The molecule has 2 fully saturated rings. The molecule has 2 amide bonds. The van der Waals surface area contributed by atoms with Crippen LogP contribution in [0, 0.1) is 18.8 Å². The van der Waals surface area contributed by atoms with E-state index in [0.717, 1.165) is 67.9 Å². The standard InChI is InChI=1S/C23H30ClN5O2/c1-15-9-17(3-4-20(15)24)11-27-10-16(2)19(12-27)22-25-21-13-28(14-29(21)23(30)26-22)18-5-7-31-8-6-18/h3-4,9,13,16,18-19H,5-8,10-12,14H2,1-2H3,(H,25,26,30). The molecule has 4 aliphatic rings. The van der Waals surface area contributed by atoms with Crippen LogP contribution in [0.25, 0.3) is 0 Å². The molecule has 0 radical (unpaired) electrons. The predicted octanol–water partition coefficient (Wildman–Crippen LogP) is 3.39. The summed E-state index contributed by atoms with van der Waals surface area (Å²) >= 11 is 6.17. The van der Waals surface area contributed by atoms with Crippen molar-refractivity contribution in [3.8, 4) is 0 Å². The van der Waals surface area contributed by atoms with Crippen molar-refractivity contribution in [3.63, 3.8) is 0 Å². The van der Waals surface area contributed by atoms with Gasteiger partial charge in [0.15, 0.2) is 5.82 Å². The molecule has 4 aliphatic heterocycles. The number of halogens is 1. The molecule has 2 saturated heterocycles. The molecular weight excluding hydrogens is 414 g/mol. The summed E-state index contributed by atoms with van der Waals surface area (Å²) in [5.41, 5.74) is 2.37. The zero-order chi connectivity index (χ0) is 21.5. The molecule has 0 aromatic heterocycles. The Morgan fingerprint density at radius 1 is 1.26 bits per heavy atom. The van der Waals surface area contributed by atoms with E-state index in [9.17, 15) is 4.79 Å². The van der Waals surface area contributed by atoms with Crippen molar-refractivity contribution in [2.24, 2.45) is 16.8 Å². The molecule has 31 heavy (non-hydrogen) atoms. The molecule has 1 aromatic rings. The maximum atomic E-state index is 12.8. The van der Waals surface area contributed by atoms with Gasteiger partial charge in [-0.15, -0.1) is 0 Å². The molecule has 1 N–H and O–H groups in total. The van der Waals surface area contributed by atoms with Crippen LogP contribution in [0.5, 0.6) is 0 Å². The molecule has 1 aromatic carbocycles. The number of carbonyl (C=O) groups is 1. The number of nitrogens with zero attached hydrogens (tertiary/aromatic N) is 4. The number of hydrogen-bond donors (Lipinski definition) is 1. The number of amides is 2. The first kappa shape index (κ1) is 20.8. The van der Waals surface area contributed by atoms with Crippen LogP contribution >= 0.6 is 11.6 Å². The Morgan fingerprint density at radius 3 is 2.84 bits per heavy atom.